The summed E-state index contributed by atoms with van der Waals surface area (Å²) in [5.41, 5.74) is 16.7. The average Bonchev–Trinajstić information content (AvgIpc) is 4.16. The Hall–Kier alpha value is -9.45. The molecule has 0 saturated carbocycles. The van der Waals surface area contributed by atoms with Gasteiger partial charge in [0.15, 0.2) is 6.29 Å². The van der Waals surface area contributed by atoms with Crippen LogP contribution >= 0.6 is 0 Å². The number of carbonyl (C=O) groups excluding carboxylic acids is 1. The number of fused-ring (bicyclic) bond motifs is 12. The van der Waals surface area contributed by atoms with E-state index < -0.39 is 0 Å². The van der Waals surface area contributed by atoms with Gasteiger partial charge < -0.3 is 18.3 Å². The molecule has 5 nitrogen and oxygen atoms in total. The van der Waals surface area contributed by atoms with E-state index >= 15 is 0 Å². The maximum atomic E-state index is 12.7. The first-order valence-corrected chi connectivity index (χ1v) is 23.7. The van der Waals surface area contributed by atoms with Gasteiger partial charge in [0.1, 0.15) is 11.2 Å². The highest BCUT2D eigenvalue weighted by Crippen LogP contribution is 2.42. The van der Waals surface area contributed by atoms with Crippen LogP contribution < -0.4 is 4.90 Å². The molecule has 14 rings (SSSR count). The Balaban J connectivity index is 0.820. The minimum atomic E-state index is 0.594. The van der Waals surface area contributed by atoms with Crippen LogP contribution in [-0.4, -0.2) is 15.3 Å². The predicted molar refractivity (Wildman–Crippen MR) is 293 cm³/mol. The molecule has 328 valence electrons. The highest BCUT2D eigenvalue weighted by molar-refractivity contribution is 6.23. The highest BCUT2D eigenvalue weighted by atomic mass is 16.3. The summed E-state index contributed by atoms with van der Waals surface area (Å²) >= 11 is 0. The minimum absolute atomic E-state index is 0.594. The lowest BCUT2D eigenvalue weighted by Gasteiger charge is -2.26. The lowest BCUT2D eigenvalue weighted by atomic mass is 10.0. The van der Waals surface area contributed by atoms with Crippen LogP contribution in [0.1, 0.15) is 5.56 Å². The fourth-order valence-corrected chi connectivity index (χ4v) is 10.9. The van der Waals surface area contributed by atoms with Gasteiger partial charge >= 0.3 is 0 Å². The number of rotatable bonds is 9. The van der Waals surface area contributed by atoms with Crippen LogP contribution in [-0.2, 0) is 4.79 Å². The third kappa shape index (κ3) is 6.22. The molecule has 14 aromatic rings. The summed E-state index contributed by atoms with van der Waals surface area (Å²) in [6, 6.07) is 79.5. The number of anilines is 3. The largest absolute Gasteiger partial charge is 0.456 e. The number of hydrogen-bond donors (Lipinski definition) is 0. The van der Waals surface area contributed by atoms with Crippen LogP contribution in [0.15, 0.2) is 241 Å². The van der Waals surface area contributed by atoms with E-state index in [1.54, 1.807) is 0 Å². The second kappa shape index (κ2) is 15.8. The molecule has 4 aromatic heterocycles. The molecule has 70 heavy (non-hydrogen) atoms. The second-order valence-corrected chi connectivity index (χ2v) is 18.1. The molecule has 0 N–H and O–H groups in total. The van der Waals surface area contributed by atoms with Crippen LogP contribution in [0, 0.1) is 0 Å². The number of nitrogens with zero attached hydrogens (tertiary/aromatic N) is 3. The van der Waals surface area contributed by atoms with Crippen LogP contribution in [0.25, 0.3) is 116 Å². The molecule has 0 radical (unpaired) electrons. The van der Waals surface area contributed by atoms with Crippen molar-refractivity contribution in [1.82, 2.24) is 8.97 Å². The van der Waals surface area contributed by atoms with Crippen molar-refractivity contribution in [1.29, 1.82) is 0 Å². The van der Waals surface area contributed by atoms with Crippen molar-refractivity contribution in [3.63, 3.8) is 0 Å². The third-order valence-electron chi connectivity index (χ3n) is 14.2. The Bertz CT molecular complexity index is 4360. The van der Waals surface area contributed by atoms with Gasteiger partial charge in [0.2, 0.25) is 0 Å². The molecular formula is C65H41N3O2. The normalized spacial score (nSPS) is 12.4. The van der Waals surface area contributed by atoms with Crippen molar-refractivity contribution in [2.75, 3.05) is 4.90 Å². The molecule has 0 spiro atoms. The van der Waals surface area contributed by atoms with E-state index in [4.69, 9.17) is 4.42 Å². The van der Waals surface area contributed by atoms with E-state index in [0.29, 0.717) is 5.57 Å². The number of carbonyl (C=O) groups is 1. The van der Waals surface area contributed by atoms with E-state index in [0.717, 1.165) is 78.6 Å². The zero-order chi connectivity index (χ0) is 46.3. The summed E-state index contributed by atoms with van der Waals surface area (Å²) < 4.78 is 10.9. The van der Waals surface area contributed by atoms with Gasteiger partial charge in [-0.25, -0.2) is 0 Å². The number of aldehydes is 1. The number of benzene rings is 10. The van der Waals surface area contributed by atoms with Gasteiger partial charge in [-0.1, -0.05) is 140 Å². The molecule has 0 atom stereocenters. The molecule has 0 fully saturated rings. The van der Waals surface area contributed by atoms with Gasteiger partial charge in [0.25, 0.3) is 0 Å². The molecule has 0 bridgehead atoms. The fraction of sp³-hybridized carbons (Fsp3) is 0. The van der Waals surface area contributed by atoms with Crippen LogP contribution in [0.2, 0.25) is 0 Å². The number of hydrogen-bond acceptors (Lipinski definition) is 3. The molecular weight excluding hydrogens is 855 g/mol. The average molecular weight is 896 g/mol. The standard InChI is InChI=1S/C65H41N3O2/c69-41-47(11-10-38-66-59-18-5-1-12-51(59)52-13-2-6-19-60(52)66)44-26-34-50(35-27-44)67(49-32-24-43(25-33-49)46-28-36-55-54-15-4-8-21-63(54)70-64(55)40-46)48-30-22-42(23-31-48)45-29-37-62-58(39-45)57-17-9-16-56-53-14-3-7-20-61(53)68(62)65(56)57/h1-41H/b38-10+,47-11+. The Labute approximate surface area is 402 Å². The molecule has 0 unspecified atom stereocenters. The SMILES string of the molecule is O=C/C(=C\C=C\n1c2ccccc2c2ccccc21)c1ccc(N(c2ccc(-c3ccc4c(c3)oc3ccccc34)cc2)c2ccc(-c3ccc4c(c3)c3cccc5c6ccccc6n4c53)cc2)cc1. The number of furan rings is 1. The molecule has 5 heteroatoms. The molecule has 0 aliphatic heterocycles. The Morgan fingerprint density at radius 3 is 1.54 bits per heavy atom. The second-order valence-electron chi connectivity index (χ2n) is 18.1. The van der Waals surface area contributed by atoms with E-state index in [2.05, 4.69) is 208 Å². The number of aromatic nitrogens is 2. The lowest BCUT2D eigenvalue weighted by Crippen LogP contribution is -2.10. The number of para-hydroxylation sites is 5. The highest BCUT2D eigenvalue weighted by Gasteiger charge is 2.19. The first kappa shape index (κ1) is 39.7. The van der Waals surface area contributed by atoms with Crippen molar-refractivity contribution in [2.24, 2.45) is 0 Å². The van der Waals surface area contributed by atoms with Gasteiger partial charge in [-0.2, -0.15) is 0 Å². The summed E-state index contributed by atoms with van der Waals surface area (Å²) in [7, 11) is 0. The topological polar surface area (TPSA) is 42.8 Å². The van der Waals surface area contributed by atoms with Crippen LogP contribution in [0.5, 0.6) is 0 Å². The van der Waals surface area contributed by atoms with Gasteiger partial charge in [-0.05, 0) is 125 Å². The van der Waals surface area contributed by atoms with Crippen molar-refractivity contribution in [2.45, 2.75) is 0 Å². The zero-order valence-corrected chi connectivity index (χ0v) is 37.8. The van der Waals surface area contributed by atoms with E-state index in [1.807, 2.05) is 48.7 Å². The predicted octanol–water partition coefficient (Wildman–Crippen LogP) is 17.4. The molecule has 4 heterocycles. The maximum absolute atomic E-state index is 12.7. The van der Waals surface area contributed by atoms with Crippen molar-refractivity contribution in [3.05, 3.63) is 242 Å². The minimum Gasteiger partial charge on any atom is -0.456 e. The lowest BCUT2D eigenvalue weighted by molar-refractivity contribution is -0.103. The molecule has 0 amide bonds. The number of allylic oxidation sites excluding steroid dienone is 3. The quantitative estimate of drug-likeness (QED) is 0.0824. The Morgan fingerprint density at radius 1 is 0.400 bits per heavy atom. The summed E-state index contributed by atoms with van der Waals surface area (Å²) in [6.07, 6.45) is 6.82. The smallest absolute Gasteiger partial charge is 0.150 e. The Kier molecular flexibility index (Phi) is 8.98. The van der Waals surface area contributed by atoms with Gasteiger partial charge in [0, 0.05) is 71.9 Å². The van der Waals surface area contributed by atoms with Crippen LogP contribution in [0.3, 0.4) is 0 Å². The van der Waals surface area contributed by atoms with E-state index in [1.165, 1.54) is 54.4 Å². The van der Waals surface area contributed by atoms with E-state index in [-0.39, 0.29) is 0 Å². The van der Waals surface area contributed by atoms with Gasteiger partial charge in [-0.3, -0.25) is 4.79 Å². The third-order valence-corrected chi connectivity index (χ3v) is 14.2. The summed E-state index contributed by atoms with van der Waals surface area (Å²) in [6.45, 7) is 0. The van der Waals surface area contributed by atoms with Crippen molar-refractivity contribution in [3.8, 4) is 22.3 Å². The first-order chi connectivity index (χ1) is 34.7. The zero-order valence-electron chi connectivity index (χ0n) is 37.8. The van der Waals surface area contributed by atoms with Gasteiger partial charge in [-0.15, -0.1) is 0 Å². The molecule has 0 saturated heterocycles. The first-order valence-electron chi connectivity index (χ1n) is 23.7. The van der Waals surface area contributed by atoms with Gasteiger partial charge in [0.05, 0.1) is 27.6 Å². The monoisotopic (exact) mass is 895 g/mol. The fourth-order valence-electron chi connectivity index (χ4n) is 10.9. The Morgan fingerprint density at radius 2 is 0.886 bits per heavy atom. The van der Waals surface area contributed by atoms with Crippen molar-refractivity contribution >= 4 is 117 Å². The van der Waals surface area contributed by atoms with Crippen LogP contribution in [0.4, 0.5) is 17.1 Å². The van der Waals surface area contributed by atoms with E-state index in [9.17, 15) is 4.79 Å². The molecule has 0 aliphatic carbocycles. The summed E-state index contributed by atoms with van der Waals surface area (Å²) in [5.74, 6) is 0. The summed E-state index contributed by atoms with van der Waals surface area (Å²) in [5, 5.41) is 9.72. The maximum Gasteiger partial charge on any atom is 0.150 e. The van der Waals surface area contributed by atoms with Crippen molar-refractivity contribution < 1.29 is 9.21 Å². The molecule has 10 aromatic carbocycles. The molecule has 0 aliphatic rings. The summed E-state index contributed by atoms with van der Waals surface area (Å²) in [4.78, 5) is 15.0.